The first kappa shape index (κ1) is 11.3. The van der Waals surface area contributed by atoms with Crippen LogP contribution in [0.25, 0.3) is 0 Å². The van der Waals surface area contributed by atoms with Gasteiger partial charge in [0.25, 0.3) is 0 Å². The fourth-order valence-corrected chi connectivity index (χ4v) is 2.37. The van der Waals surface area contributed by atoms with E-state index in [1.54, 1.807) is 11.3 Å². The maximum atomic E-state index is 9.83. The topological polar surface area (TPSA) is 20.2 Å². The molecule has 0 radical (unpaired) electrons. The summed E-state index contributed by atoms with van der Waals surface area (Å²) in [5, 5.41) is 9.83. The molecule has 0 aliphatic heterocycles. The van der Waals surface area contributed by atoms with Crippen molar-refractivity contribution in [2.75, 3.05) is 0 Å². The van der Waals surface area contributed by atoms with Crippen LogP contribution >= 0.6 is 11.3 Å². The van der Waals surface area contributed by atoms with E-state index in [0.29, 0.717) is 0 Å². The minimum Gasteiger partial charge on any atom is -0.388 e. The number of aliphatic hydroxyl groups is 1. The van der Waals surface area contributed by atoms with E-state index in [0.717, 1.165) is 24.1 Å². The highest BCUT2D eigenvalue weighted by molar-refractivity contribution is 7.12. The highest BCUT2D eigenvalue weighted by atomic mass is 32.1. The Labute approximate surface area is 89.8 Å². The fraction of sp³-hybridized carbons (Fsp3) is 0.500. The maximum Gasteiger partial charge on any atom is 0.0882 e. The van der Waals surface area contributed by atoms with Crippen LogP contribution in [-0.4, -0.2) is 5.11 Å². The quantitative estimate of drug-likeness (QED) is 0.595. The molecule has 0 aliphatic rings. The fourth-order valence-electron chi connectivity index (χ4n) is 1.31. The SMILES string of the molecule is C#CCCCC(O)c1cc(C)c(C)s1. The second kappa shape index (κ2) is 5.19. The molecule has 0 saturated heterocycles. The zero-order chi connectivity index (χ0) is 10.6. The summed E-state index contributed by atoms with van der Waals surface area (Å²) >= 11 is 1.68. The summed E-state index contributed by atoms with van der Waals surface area (Å²) in [6, 6.07) is 2.07. The molecule has 0 amide bonds. The number of thiophene rings is 1. The van der Waals surface area contributed by atoms with Crippen LogP contribution in [0.1, 0.15) is 40.7 Å². The number of hydrogen-bond donors (Lipinski definition) is 1. The van der Waals surface area contributed by atoms with E-state index < -0.39 is 0 Å². The zero-order valence-corrected chi connectivity index (χ0v) is 9.53. The van der Waals surface area contributed by atoms with Gasteiger partial charge in [0, 0.05) is 16.2 Å². The van der Waals surface area contributed by atoms with Gasteiger partial charge in [0.15, 0.2) is 0 Å². The van der Waals surface area contributed by atoms with Crippen LogP contribution in [-0.2, 0) is 0 Å². The molecule has 1 nitrogen and oxygen atoms in total. The Morgan fingerprint density at radius 2 is 2.29 bits per heavy atom. The monoisotopic (exact) mass is 208 g/mol. The van der Waals surface area contributed by atoms with Crippen LogP contribution < -0.4 is 0 Å². The Hall–Kier alpha value is -0.780. The zero-order valence-electron chi connectivity index (χ0n) is 8.71. The van der Waals surface area contributed by atoms with Crippen molar-refractivity contribution >= 4 is 11.3 Å². The van der Waals surface area contributed by atoms with Gasteiger partial charge in [0.2, 0.25) is 0 Å². The molecule has 1 aromatic rings. The van der Waals surface area contributed by atoms with Crippen LogP contribution in [0.15, 0.2) is 6.07 Å². The van der Waals surface area contributed by atoms with Crippen LogP contribution in [0.4, 0.5) is 0 Å². The molecule has 0 fully saturated rings. The highest BCUT2D eigenvalue weighted by Crippen LogP contribution is 2.29. The van der Waals surface area contributed by atoms with Crippen molar-refractivity contribution in [2.45, 2.75) is 39.2 Å². The van der Waals surface area contributed by atoms with Gasteiger partial charge in [-0.2, -0.15) is 0 Å². The minimum absolute atomic E-state index is 0.333. The van der Waals surface area contributed by atoms with E-state index in [2.05, 4.69) is 25.8 Å². The van der Waals surface area contributed by atoms with Gasteiger partial charge in [-0.05, 0) is 38.3 Å². The van der Waals surface area contributed by atoms with Gasteiger partial charge < -0.3 is 5.11 Å². The Morgan fingerprint density at radius 3 is 2.79 bits per heavy atom. The van der Waals surface area contributed by atoms with Gasteiger partial charge in [-0.25, -0.2) is 0 Å². The lowest BCUT2D eigenvalue weighted by atomic mass is 10.1. The second-order valence-electron chi connectivity index (χ2n) is 3.50. The van der Waals surface area contributed by atoms with Gasteiger partial charge in [-0.1, -0.05) is 0 Å². The Bertz CT molecular complexity index is 313. The van der Waals surface area contributed by atoms with Gasteiger partial charge in [-0.3, -0.25) is 0 Å². The molecule has 1 heterocycles. The van der Waals surface area contributed by atoms with Crippen LogP contribution in [0, 0.1) is 26.2 Å². The van der Waals surface area contributed by atoms with Crippen molar-refractivity contribution in [3.05, 3.63) is 21.4 Å². The lowest BCUT2D eigenvalue weighted by Crippen LogP contribution is -1.93. The summed E-state index contributed by atoms with van der Waals surface area (Å²) in [6.07, 6.45) is 7.23. The molecule has 1 atom stereocenters. The summed E-state index contributed by atoms with van der Waals surface area (Å²) < 4.78 is 0. The largest absolute Gasteiger partial charge is 0.388 e. The van der Waals surface area contributed by atoms with E-state index in [1.165, 1.54) is 10.4 Å². The molecule has 0 aromatic carbocycles. The molecule has 0 saturated carbocycles. The smallest absolute Gasteiger partial charge is 0.0882 e. The molecule has 14 heavy (non-hydrogen) atoms. The lowest BCUT2D eigenvalue weighted by molar-refractivity contribution is 0.169. The molecule has 0 bridgehead atoms. The molecular formula is C12H16OS. The third-order valence-corrected chi connectivity index (χ3v) is 3.57. The Morgan fingerprint density at radius 1 is 1.57 bits per heavy atom. The van der Waals surface area contributed by atoms with E-state index in [1.807, 2.05) is 0 Å². The van der Waals surface area contributed by atoms with Gasteiger partial charge >= 0.3 is 0 Å². The van der Waals surface area contributed by atoms with Crippen LogP contribution in [0.2, 0.25) is 0 Å². The number of terminal acetylenes is 1. The van der Waals surface area contributed by atoms with E-state index >= 15 is 0 Å². The molecule has 1 aromatic heterocycles. The number of hydrogen-bond acceptors (Lipinski definition) is 2. The first-order chi connectivity index (χ1) is 6.65. The molecule has 0 spiro atoms. The predicted molar refractivity (Wildman–Crippen MR) is 61.4 cm³/mol. The number of aryl methyl sites for hydroxylation is 2. The predicted octanol–water partition coefficient (Wildman–Crippen LogP) is 3.20. The molecule has 2 heteroatoms. The van der Waals surface area contributed by atoms with Crippen molar-refractivity contribution in [3.8, 4) is 12.3 Å². The molecule has 0 aliphatic carbocycles. The van der Waals surface area contributed by atoms with Crippen molar-refractivity contribution in [2.24, 2.45) is 0 Å². The molecule has 1 unspecified atom stereocenters. The van der Waals surface area contributed by atoms with Crippen molar-refractivity contribution in [3.63, 3.8) is 0 Å². The number of aliphatic hydroxyl groups excluding tert-OH is 1. The van der Waals surface area contributed by atoms with Crippen molar-refractivity contribution < 1.29 is 5.11 Å². The average Bonchev–Trinajstić information content (AvgIpc) is 2.47. The normalized spacial score (nSPS) is 12.4. The van der Waals surface area contributed by atoms with Gasteiger partial charge in [0.05, 0.1) is 6.10 Å². The third kappa shape index (κ3) is 2.87. The number of rotatable bonds is 4. The maximum absolute atomic E-state index is 9.83. The van der Waals surface area contributed by atoms with Crippen LogP contribution in [0.3, 0.4) is 0 Å². The molecule has 1 N–H and O–H groups in total. The second-order valence-corrected chi connectivity index (χ2v) is 4.79. The highest BCUT2D eigenvalue weighted by Gasteiger charge is 2.10. The Kier molecular flexibility index (Phi) is 4.19. The van der Waals surface area contributed by atoms with Crippen molar-refractivity contribution in [1.29, 1.82) is 0 Å². The summed E-state index contributed by atoms with van der Waals surface area (Å²) in [6.45, 7) is 4.15. The Balaban J connectivity index is 2.52. The van der Waals surface area contributed by atoms with E-state index in [-0.39, 0.29) is 6.10 Å². The van der Waals surface area contributed by atoms with E-state index in [4.69, 9.17) is 6.42 Å². The van der Waals surface area contributed by atoms with Crippen molar-refractivity contribution in [1.82, 2.24) is 0 Å². The lowest BCUT2D eigenvalue weighted by Gasteiger charge is -2.05. The summed E-state index contributed by atoms with van der Waals surface area (Å²) in [5.74, 6) is 2.58. The minimum atomic E-state index is -0.333. The van der Waals surface area contributed by atoms with Gasteiger partial charge in [0.1, 0.15) is 0 Å². The first-order valence-corrected chi connectivity index (χ1v) is 5.65. The summed E-state index contributed by atoms with van der Waals surface area (Å²) in [4.78, 5) is 2.35. The summed E-state index contributed by atoms with van der Waals surface area (Å²) in [7, 11) is 0. The van der Waals surface area contributed by atoms with E-state index in [9.17, 15) is 5.11 Å². The third-order valence-electron chi connectivity index (χ3n) is 2.31. The summed E-state index contributed by atoms with van der Waals surface area (Å²) in [5.41, 5.74) is 1.26. The van der Waals surface area contributed by atoms with Gasteiger partial charge in [-0.15, -0.1) is 23.7 Å². The average molecular weight is 208 g/mol. The molecular weight excluding hydrogens is 192 g/mol. The molecule has 76 valence electrons. The standard InChI is InChI=1S/C12H16OS/c1-4-5-6-7-11(13)12-8-9(2)10(3)14-12/h1,8,11,13H,5-7H2,2-3H3. The van der Waals surface area contributed by atoms with Crippen LogP contribution in [0.5, 0.6) is 0 Å². The first-order valence-electron chi connectivity index (χ1n) is 4.83. The molecule has 1 rings (SSSR count). The number of unbranched alkanes of at least 4 members (excludes halogenated alkanes) is 1.